The minimum Gasteiger partial charge on any atom is -0.396 e. The van der Waals surface area contributed by atoms with Crippen LogP contribution in [-0.2, 0) is 9.59 Å². The summed E-state index contributed by atoms with van der Waals surface area (Å²) >= 11 is 6.00. The third-order valence-electron chi connectivity index (χ3n) is 3.65. The Morgan fingerprint density at radius 1 is 1.08 bits per heavy atom. The molecular formula is C18H19ClN2O3. The number of hydrogen-bond acceptors (Lipinski definition) is 3. The lowest BCUT2D eigenvalue weighted by Crippen LogP contribution is -2.38. The summed E-state index contributed by atoms with van der Waals surface area (Å²) in [6.45, 7) is 1.66. The van der Waals surface area contributed by atoms with Crippen molar-refractivity contribution in [2.45, 2.75) is 19.4 Å². The van der Waals surface area contributed by atoms with Gasteiger partial charge in [0.05, 0.1) is 6.04 Å². The van der Waals surface area contributed by atoms with Gasteiger partial charge in [-0.2, -0.15) is 0 Å². The van der Waals surface area contributed by atoms with E-state index in [2.05, 4.69) is 10.6 Å². The SMILES string of the molecule is Cc1c(Cl)cccc1NC(=O)C(=O)NC(CCO)c1ccccc1. The predicted octanol–water partition coefficient (Wildman–Crippen LogP) is 2.83. The van der Waals surface area contributed by atoms with Crippen LogP contribution in [0.25, 0.3) is 0 Å². The van der Waals surface area contributed by atoms with E-state index in [4.69, 9.17) is 11.6 Å². The highest BCUT2D eigenvalue weighted by Gasteiger charge is 2.20. The molecule has 0 spiro atoms. The number of aliphatic hydroxyl groups is 1. The second-order valence-electron chi connectivity index (χ2n) is 5.32. The molecule has 2 amide bonds. The molecule has 1 atom stereocenters. The van der Waals surface area contributed by atoms with Crippen LogP contribution in [0, 0.1) is 6.92 Å². The van der Waals surface area contributed by atoms with E-state index in [1.165, 1.54) is 0 Å². The van der Waals surface area contributed by atoms with Crippen LogP contribution in [0.1, 0.15) is 23.6 Å². The molecule has 1 unspecified atom stereocenters. The molecule has 2 aromatic rings. The van der Waals surface area contributed by atoms with Gasteiger partial charge in [-0.1, -0.05) is 48.0 Å². The Balaban J connectivity index is 2.06. The van der Waals surface area contributed by atoms with Crippen LogP contribution in [0.2, 0.25) is 5.02 Å². The molecule has 0 fully saturated rings. The maximum absolute atomic E-state index is 12.2. The number of carbonyl (C=O) groups excluding carboxylic acids is 2. The molecule has 2 rings (SSSR count). The standard InChI is InChI=1S/C18H19ClN2O3/c1-12-14(19)8-5-9-15(12)20-17(23)18(24)21-16(10-11-22)13-6-3-2-4-7-13/h2-9,16,22H,10-11H2,1H3,(H,20,23)(H,21,24). The predicted molar refractivity (Wildman–Crippen MR) is 93.8 cm³/mol. The van der Waals surface area contributed by atoms with E-state index in [1.54, 1.807) is 25.1 Å². The number of aliphatic hydroxyl groups excluding tert-OH is 1. The maximum Gasteiger partial charge on any atom is 0.313 e. The summed E-state index contributed by atoms with van der Waals surface area (Å²) in [7, 11) is 0. The van der Waals surface area contributed by atoms with E-state index in [0.717, 1.165) is 5.56 Å². The second kappa shape index (κ2) is 8.47. The summed E-state index contributed by atoms with van der Waals surface area (Å²) in [5.74, 6) is -1.55. The molecule has 3 N–H and O–H groups in total. The number of rotatable bonds is 5. The average Bonchev–Trinajstić information content (AvgIpc) is 2.59. The fourth-order valence-corrected chi connectivity index (χ4v) is 2.46. The highest BCUT2D eigenvalue weighted by atomic mass is 35.5. The van der Waals surface area contributed by atoms with Crippen LogP contribution in [0.4, 0.5) is 5.69 Å². The smallest absolute Gasteiger partial charge is 0.313 e. The fourth-order valence-electron chi connectivity index (χ4n) is 2.28. The van der Waals surface area contributed by atoms with Gasteiger partial charge in [0, 0.05) is 17.3 Å². The van der Waals surface area contributed by atoms with Gasteiger partial charge in [-0.05, 0) is 36.6 Å². The number of amides is 2. The Morgan fingerprint density at radius 2 is 1.79 bits per heavy atom. The normalized spacial score (nSPS) is 11.6. The summed E-state index contributed by atoms with van der Waals surface area (Å²) in [5.41, 5.74) is 2.00. The van der Waals surface area contributed by atoms with Gasteiger partial charge in [0.25, 0.3) is 0 Å². The number of halogens is 1. The van der Waals surface area contributed by atoms with Crippen molar-refractivity contribution < 1.29 is 14.7 Å². The molecule has 0 saturated heterocycles. The molecule has 24 heavy (non-hydrogen) atoms. The first kappa shape index (κ1) is 18.0. The molecule has 0 aliphatic rings. The zero-order valence-corrected chi connectivity index (χ0v) is 14.0. The monoisotopic (exact) mass is 346 g/mol. The maximum atomic E-state index is 12.2. The Hall–Kier alpha value is -2.37. The first-order valence-electron chi connectivity index (χ1n) is 7.55. The Morgan fingerprint density at radius 3 is 2.46 bits per heavy atom. The van der Waals surface area contributed by atoms with Crippen LogP contribution in [-0.4, -0.2) is 23.5 Å². The van der Waals surface area contributed by atoms with Gasteiger partial charge in [0.2, 0.25) is 0 Å². The van der Waals surface area contributed by atoms with Crippen LogP contribution in [0.3, 0.4) is 0 Å². The molecule has 0 aromatic heterocycles. The molecule has 0 aliphatic carbocycles. The third-order valence-corrected chi connectivity index (χ3v) is 4.06. The molecule has 6 heteroatoms. The molecule has 126 valence electrons. The van der Waals surface area contributed by atoms with Gasteiger partial charge in [0.15, 0.2) is 0 Å². The quantitative estimate of drug-likeness (QED) is 0.728. The summed E-state index contributed by atoms with van der Waals surface area (Å²) in [5, 5.41) is 14.9. The van der Waals surface area contributed by atoms with E-state index in [1.807, 2.05) is 30.3 Å². The van der Waals surface area contributed by atoms with Crippen molar-refractivity contribution in [3.05, 3.63) is 64.7 Å². The molecule has 2 aromatic carbocycles. The van der Waals surface area contributed by atoms with Gasteiger partial charge in [0.1, 0.15) is 0 Å². The number of anilines is 1. The largest absolute Gasteiger partial charge is 0.396 e. The van der Waals surface area contributed by atoms with Crippen molar-refractivity contribution >= 4 is 29.1 Å². The Bertz CT molecular complexity index is 719. The highest BCUT2D eigenvalue weighted by Crippen LogP contribution is 2.23. The Kier molecular flexibility index (Phi) is 6.35. The zero-order chi connectivity index (χ0) is 17.5. The third kappa shape index (κ3) is 4.57. The molecule has 0 aliphatic heterocycles. The number of hydrogen-bond donors (Lipinski definition) is 3. The molecule has 0 radical (unpaired) electrons. The Labute approximate surface area is 145 Å². The zero-order valence-electron chi connectivity index (χ0n) is 13.3. The van der Waals surface area contributed by atoms with Crippen molar-refractivity contribution in [3.63, 3.8) is 0 Å². The van der Waals surface area contributed by atoms with Crippen molar-refractivity contribution in [2.24, 2.45) is 0 Å². The van der Waals surface area contributed by atoms with Gasteiger partial charge in [-0.25, -0.2) is 0 Å². The molecule has 0 heterocycles. The number of carbonyl (C=O) groups is 2. The fraction of sp³-hybridized carbons (Fsp3) is 0.222. The minimum absolute atomic E-state index is 0.102. The van der Waals surface area contributed by atoms with Crippen molar-refractivity contribution in [2.75, 3.05) is 11.9 Å². The van der Waals surface area contributed by atoms with E-state index in [-0.39, 0.29) is 6.61 Å². The molecule has 0 saturated carbocycles. The molecular weight excluding hydrogens is 328 g/mol. The van der Waals surface area contributed by atoms with E-state index in [0.29, 0.717) is 22.7 Å². The van der Waals surface area contributed by atoms with Crippen molar-refractivity contribution in [1.82, 2.24) is 5.32 Å². The summed E-state index contributed by atoms with van der Waals surface area (Å²) in [4.78, 5) is 24.3. The van der Waals surface area contributed by atoms with Crippen LogP contribution in [0.5, 0.6) is 0 Å². The number of nitrogens with one attached hydrogen (secondary N) is 2. The average molecular weight is 347 g/mol. The minimum atomic E-state index is -0.778. The number of benzene rings is 2. The molecule has 5 nitrogen and oxygen atoms in total. The first-order chi connectivity index (χ1) is 11.5. The lowest BCUT2D eigenvalue weighted by Gasteiger charge is -2.18. The van der Waals surface area contributed by atoms with E-state index in [9.17, 15) is 14.7 Å². The van der Waals surface area contributed by atoms with Crippen LogP contribution >= 0.6 is 11.6 Å². The summed E-state index contributed by atoms with van der Waals surface area (Å²) in [6, 6.07) is 13.8. The topological polar surface area (TPSA) is 78.4 Å². The van der Waals surface area contributed by atoms with E-state index >= 15 is 0 Å². The van der Waals surface area contributed by atoms with Gasteiger partial charge >= 0.3 is 11.8 Å². The van der Waals surface area contributed by atoms with Gasteiger partial charge in [-0.15, -0.1) is 0 Å². The first-order valence-corrected chi connectivity index (χ1v) is 7.93. The lowest BCUT2D eigenvalue weighted by molar-refractivity contribution is -0.136. The summed E-state index contributed by atoms with van der Waals surface area (Å²) < 4.78 is 0. The second-order valence-corrected chi connectivity index (χ2v) is 5.72. The van der Waals surface area contributed by atoms with Gasteiger partial charge < -0.3 is 15.7 Å². The van der Waals surface area contributed by atoms with Gasteiger partial charge in [-0.3, -0.25) is 9.59 Å². The van der Waals surface area contributed by atoms with E-state index < -0.39 is 17.9 Å². The van der Waals surface area contributed by atoms with Crippen molar-refractivity contribution in [3.8, 4) is 0 Å². The van der Waals surface area contributed by atoms with Crippen molar-refractivity contribution in [1.29, 1.82) is 0 Å². The lowest BCUT2D eigenvalue weighted by atomic mass is 10.0. The van der Waals surface area contributed by atoms with Crippen LogP contribution in [0.15, 0.2) is 48.5 Å². The molecule has 0 bridgehead atoms. The van der Waals surface area contributed by atoms with Crippen LogP contribution < -0.4 is 10.6 Å². The summed E-state index contributed by atoms with van der Waals surface area (Å²) in [6.07, 6.45) is 0.319. The highest BCUT2D eigenvalue weighted by molar-refractivity contribution is 6.40.